The predicted octanol–water partition coefficient (Wildman–Crippen LogP) is 2.46. The lowest BCUT2D eigenvalue weighted by atomic mass is 9.86. The molecule has 0 saturated carbocycles. The molecule has 1 aliphatic rings. The molecule has 8 nitrogen and oxygen atoms in total. The molecule has 1 aromatic carbocycles. The molecular formula is C20H27N3O5. The molecule has 0 radical (unpaired) electrons. The summed E-state index contributed by atoms with van der Waals surface area (Å²) in [6, 6.07) is 4.68. The summed E-state index contributed by atoms with van der Waals surface area (Å²) in [6.45, 7) is 8.33. The number of likely N-dealkylation sites (N-methyl/N-ethyl adjacent to an activating group) is 1. The summed E-state index contributed by atoms with van der Waals surface area (Å²) in [5, 5.41) is 5.25. The number of ether oxygens (including phenoxy) is 1. The van der Waals surface area contributed by atoms with Crippen molar-refractivity contribution < 1.29 is 23.9 Å². The maximum atomic E-state index is 13.0. The lowest BCUT2D eigenvalue weighted by molar-refractivity contribution is -0.187. The van der Waals surface area contributed by atoms with Crippen LogP contribution < -0.4 is 10.6 Å². The van der Waals surface area contributed by atoms with Crippen molar-refractivity contribution >= 4 is 35.1 Å². The Balaban J connectivity index is 2.44. The van der Waals surface area contributed by atoms with Crippen LogP contribution in [0.3, 0.4) is 0 Å². The number of esters is 1. The third-order valence-electron chi connectivity index (χ3n) is 4.73. The number of cyclic esters (lactones) is 1. The predicted molar refractivity (Wildman–Crippen MR) is 105 cm³/mol. The number of benzene rings is 1. The lowest BCUT2D eigenvalue weighted by Crippen LogP contribution is -2.60. The highest BCUT2D eigenvalue weighted by molar-refractivity contribution is 5.98. The van der Waals surface area contributed by atoms with Crippen LogP contribution in [0.5, 0.6) is 0 Å². The smallest absolute Gasteiger partial charge is 0.332 e. The zero-order chi connectivity index (χ0) is 21.2. The van der Waals surface area contributed by atoms with Gasteiger partial charge in [0.05, 0.1) is 5.69 Å². The summed E-state index contributed by atoms with van der Waals surface area (Å²) in [5.74, 6) is -1.30. The van der Waals surface area contributed by atoms with Gasteiger partial charge in [-0.05, 0) is 31.4 Å². The van der Waals surface area contributed by atoms with Crippen molar-refractivity contribution in [2.24, 2.45) is 5.92 Å². The number of carbonyl (C=O) groups is 4. The molecule has 28 heavy (non-hydrogen) atoms. The molecule has 2 atom stereocenters. The first kappa shape index (κ1) is 21.4. The second kappa shape index (κ2) is 8.00. The number of carbonyl (C=O) groups excluding carboxylic acids is 4. The molecule has 2 unspecified atom stereocenters. The molecule has 2 rings (SSSR count). The van der Waals surface area contributed by atoms with Gasteiger partial charge in [-0.1, -0.05) is 19.9 Å². The average Bonchev–Trinajstić information content (AvgIpc) is 2.56. The Bertz CT molecular complexity index is 820. The standard InChI is InChI=1S/C20H27N3O5/c1-11(2)10-20(5)19(27)28-17(18(26)23(20)6)15-8-7-14(21-12(3)24)9-16(15)22-13(4)25/h7-9,11,17H,10H2,1-6H3,(H,21,24)(H,22,25). The Morgan fingerprint density at radius 1 is 1.18 bits per heavy atom. The zero-order valence-electron chi connectivity index (χ0n) is 17.1. The topological polar surface area (TPSA) is 105 Å². The Hall–Kier alpha value is -2.90. The van der Waals surface area contributed by atoms with Crippen LogP contribution in [0.2, 0.25) is 0 Å². The van der Waals surface area contributed by atoms with E-state index in [1.807, 2.05) is 13.8 Å². The van der Waals surface area contributed by atoms with Gasteiger partial charge in [-0.25, -0.2) is 4.79 Å². The fourth-order valence-corrected chi connectivity index (χ4v) is 3.42. The molecular weight excluding hydrogens is 362 g/mol. The van der Waals surface area contributed by atoms with Crippen LogP contribution in [-0.2, 0) is 23.9 Å². The summed E-state index contributed by atoms with van der Waals surface area (Å²) in [6.07, 6.45) is -0.702. The molecule has 2 N–H and O–H groups in total. The van der Waals surface area contributed by atoms with E-state index in [1.54, 1.807) is 26.1 Å². The molecule has 1 fully saturated rings. The van der Waals surface area contributed by atoms with Crippen molar-refractivity contribution in [1.82, 2.24) is 4.90 Å². The first-order chi connectivity index (χ1) is 13.0. The highest BCUT2D eigenvalue weighted by Gasteiger charge is 2.50. The SMILES string of the molecule is CC(=O)Nc1ccc(C2OC(=O)C(C)(CC(C)C)N(C)C2=O)c(NC(C)=O)c1. The maximum Gasteiger partial charge on any atom is 0.332 e. The number of amides is 3. The maximum absolute atomic E-state index is 13.0. The van der Waals surface area contributed by atoms with E-state index in [1.165, 1.54) is 24.8 Å². The van der Waals surface area contributed by atoms with Crippen molar-refractivity contribution in [1.29, 1.82) is 0 Å². The van der Waals surface area contributed by atoms with Gasteiger partial charge >= 0.3 is 5.97 Å². The minimum Gasteiger partial charge on any atom is -0.445 e. The summed E-state index contributed by atoms with van der Waals surface area (Å²) < 4.78 is 5.55. The van der Waals surface area contributed by atoms with Crippen molar-refractivity contribution in [2.75, 3.05) is 17.7 Å². The van der Waals surface area contributed by atoms with Gasteiger partial charge in [0.25, 0.3) is 5.91 Å². The average molecular weight is 389 g/mol. The molecule has 1 aliphatic heterocycles. The van der Waals surface area contributed by atoms with Crippen molar-refractivity contribution in [3.8, 4) is 0 Å². The minimum atomic E-state index is -1.18. The third-order valence-corrected chi connectivity index (χ3v) is 4.73. The van der Waals surface area contributed by atoms with Gasteiger partial charge in [0, 0.05) is 32.1 Å². The van der Waals surface area contributed by atoms with Crippen LogP contribution >= 0.6 is 0 Å². The van der Waals surface area contributed by atoms with E-state index in [0.29, 0.717) is 23.4 Å². The third kappa shape index (κ3) is 4.32. The van der Waals surface area contributed by atoms with Crippen molar-refractivity contribution in [2.45, 2.75) is 52.7 Å². The normalized spacial score (nSPS) is 22.1. The first-order valence-electron chi connectivity index (χ1n) is 9.13. The van der Waals surface area contributed by atoms with Gasteiger partial charge in [0.15, 0.2) is 0 Å². The van der Waals surface area contributed by atoms with Crippen LogP contribution in [0.4, 0.5) is 11.4 Å². The van der Waals surface area contributed by atoms with E-state index in [4.69, 9.17) is 4.74 Å². The van der Waals surface area contributed by atoms with Crippen LogP contribution in [-0.4, -0.2) is 41.2 Å². The van der Waals surface area contributed by atoms with Gasteiger partial charge in [0.2, 0.25) is 17.9 Å². The Morgan fingerprint density at radius 2 is 1.79 bits per heavy atom. The van der Waals surface area contributed by atoms with E-state index in [0.717, 1.165) is 0 Å². The molecule has 0 aliphatic carbocycles. The van der Waals surface area contributed by atoms with Crippen molar-refractivity contribution in [3.05, 3.63) is 23.8 Å². The quantitative estimate of drug-likeness (QED) is 0.753. The van der Waals surface area contributed by atoms with Gasteiger partial charge in [-0.3, -0.25) is 14.4 Å². The number of hydrogen-bond acceptors (Lipinski definition) is 5. The lowest BCUT2D eigenvalue weighted by Gasteiger charge is -2.44. The number of anilines is 2. The summed E-state index contributed by atoms with van der Waals surface area (Å²) in [5.41, 5.74) is 0.0472. The van der Waals surface area contributed by atoms with Gasteiger partial charge < -0.3 is 20.3 Å². The molecule has 3 amide bonds. The molecule has 0 aromatic heterocycles. The van der Waals surface area contributed by atoms with Crippen LogP contribution in [0, 0.1) is 5.92 Å². The van der Waals surface area contributed by atoms with Crippen LogP contribution in [0.15, 0.2) is 18.2 Å². The largest absolute Gasteiger partial charge is 0.445 e. The van der Waals surface area contributed by atoms with Crippen LogP contribution in [0.1, 0.15) is 52.7 Å². The minimum absolute atomic E-state index is 0.191. The zero-order valence-corrected chi connectivity index (χ0v) is 17.1. The number of nitrogens with one attached hydrogen (secondary N) is 2. The molecule has 1 saturated heterocycles. The van der Waals surface area contributed by atoms with E-state index >= 15 is 0 Å². The second-order valence-electron chi connectivity index (χ2n) is 7.72. The van der Waals surface area contributed by atoms with Crippen LogP contribution in [0.25, 0.3) is 0 Å². The Kier molecular flexibility index (Phi) is 6.11. The molecule has 1 heterocycles. The molecule has 152 valence electrons. The van der Waals surface area contributed by atoms with E-state index in [-0.39, 0.29) is 23.6 Å². The highest BCUT2D eigenvalue weighted by atomic mass is 16.6. The summed E-state index contributed by atoms with van der Waals surface area (Å²) >= 11 is 0. The molecule has 0 bridgehead atoms. The fourth-order valence-electron chi connectivity index (χ4n) is 3.42. The Morgan fingerprint density at radius 3 is 2.32 bits per heavy atom. The van der Waals surface area contributed by atoms with E-state index in [2.05, 4.69) is 10.6 Å². The summed E-state index contributed by atoms with van der Waals surface area (Å²) in [7, 11) is 1.59. The van der Waals surface area contributed by atoms with Gasteiger partial charge in [-0.2, -0.15) is 0 Å². The summed E-state index contributed by atoms with van der Waals surface area (Å²) in [4.78, 5) is 50.1. The number of morpholine rings is 1. The fraction of sp³-hybridized carbons (Fsp3) is 0.500. The van der Waals surface area contributed by atoms with Gasteiger partial charge in [0.1, 0.15) is 5.54 Å². The molecule has 1 aromatic rings. The van der Waals surface area contributed by atoms with E-state index in [9.17, 15) is 19.2 Å². The second-order valence-corrected chi connectivity index (χ2v) is 7.72. The molecule has 8 heteroatoms. The first-order valence-corrected chi connectivity index (χ1v) is 9.13. The van der Waals surface area contributed by atoms with E-state index < -0.39 is 17.6 Å². The number of nitrogens with zero attached hydrogens (tertiary/aromatic N) is 1. The monoisotopic (exact) mass is 389 g/mol. The number of rotatable bonds is 5. The van der Waals surface area contributed by atoms with Crippen molar-refractivity contribution in [3.63, 3.8) is 0 Å². The number of hydrogen-bond donors (Lipinski definition) is 2. The van der Waals surface area contributed by atoms with Gasteiger partial charge in [-0.15, -0.1) is 0 Å². The Labute approximate surface area is 164 Å². The highest BCUT2D eigenvalue weighted by Crippen LogP contribution is 2.38. The molecule has 0 spiro atoms.